The van der Waals surface area contributed by atoms with E-state index in [0.717, 1.165) is 16.3 Å². The van der Waals surface area contributed by atoms with Gasteiger partial charge in [0.25, 0.3) is 0 Å². The van der Waals surface area contributed by atoms with Gasteiger partial charge in [0, 0.05) is 16.3 Å². The lowest BCUT2D eigenvalue weighted by Gasteiger charge is -2.16. The normalized spacial score (nSPS) is 13.3. The molecule has 0 amide bonds. The molecule has 2 unspecified atom stereocenters. The van der Waals surface area contributed by atoms with Crippen LogP contribution in [0.25, 0.3) is 21.7 Å². The number of rotatable bonds is 6. The minimum atomic E-state index is -0.471. The molecule has 0 fully saturated rings. The number of hydrogen-bond donors (Lipinski definition) is 2. The second-order valence-electron chi connectivity index (χ2n) is 7.68. The zero-order valence-electron chi connectivity index (χ0n) is 18.3. The van der Waals surface area contributed by atoms with Crippen LogP contribution in [0.5, 0.6) is 11.5 Å². The van der Waals surface area contributed by atoms with Gasteiger partial charge in [-0.2, -0.15) is 10.4 Å². The van der Waals surface area contributed by atoms with Crippen molar-refractivity contribution in [2.24, 2.45) is 0 Å². The fraction of sp³-hybridized carbons (Fsp3) is 0.286. The predicted molar refractivity (Wildman–Crippen MR) is 116 cm³/mol. The van der Waals surface area contributed by atoms with Gasteiger partial charge in [0.05, 0.1) is 5.39 Å². The molecule has 3 aromatic heterocycles. The highest BCUT2D eigenvalue weighted by atomic mass is 16.5. The maximum atomic E-state index is 12.9. The van der Waals surface area contributed by atoms with E-state index >= 15 is 0 Å². The first kappa shape index (κ1) is 20.5. The van der Waals surface area contributed by atoms with Gasteiger partial charge in [-0.25, -0.2) is 4.79 Å². The Morgan fingerprint density at radius 3 is 2.09 bits per heavy atom. The average Bonchev–Trinajstić information content (AvgIpc) is 3.51. The van der Waals surface area contributed by atoms with Gasteiger partial charge in [-0.05, 0) is 57.5 Å². The van der Waals surface area contributed by atoms with Crippen molar-refractivity contribution in [2.45, 2.75) is 39.9 Å². The van der Waals surface area contributed by atoms with E-state index in [-0.39, 0.29) is 0 Å². The Hall–Kier alpha value is -4.35. The zero-order valence-corrected chi connectivity index (χ0v) is 18.3. The van der Waals surface area contributed by atoms with Crippen LogP contribution < -0.4 is 15.1 Å². The Balaban J connectivity index is 1.56. The van der Waals surface area contributed by atoms with Gasteiger partial charge in [0.2, 0.25) is 11.6 Å². The lowest BCUT2D eigenvalue weighted by molar-refractivity contribution is 0.215. The highest BCUT2D eigenvalue weighted by molar-refractivity contribution is 6.06. The summed E-state index contributed by atoms with van der Waals surface area (Å²) in [6, 6.07) is 7.30. The number of benzene rings is 2. The number of H-pyrrole nitrogens is 2. The molecule has 0 aliphatic rings. The first-order valence-electron chi connectivity index (χ1n) is 10.2. The summed E-state index contributed by atoms with van der Waals surface area (Å²) in [7, 11) is 0. The summed E-state index contributed by atoms with van der Waals surface area (Å²) >= 11 is 0. The summed E-state index contributed by atoms with van der Waals surface area (Å²) in [5.41, 5.74) is 1.54. The SMILES string of the molecule is Cc1cc2c(cc1OC(C)c1nn[nH]n1)c(=O)oc1c(C)c(OC(C)c3nn[nH]n3)ccc12. The maximum Gasteiger partial charge on any atom is 0.344 e. The standard InChI is InChI=1S/C21H20N8O4/c1-9-7-14-13-5-6-16(31-11(3)19-22-26-27-23-19)10(2)18(13)33-21(30)15(14)8-17(9)32-12(4)20-24-28-29-25-20/h5-8,11-12H,1-4H3,(H,22,23,26,27)(H,24,25,28,29). The zero-order chi connectivity index (χ0) is 23.1. The van der Waals surface area contributed by atoms with Crippen LogP contribution >= 0.6 is 0 Å². The third-order valence-corrected chi connectivity index (χ3v) is 5.43. The van der Waals surface area contributed by atoms with Crippen molar-refractivity contribution in [3.63, 3.8) is 0 Å². The highest BCUT2D eigenvalue weighted by Gasteiger charge is 2.19. The second kappa shape index (κ2) is 7.97. The fourth-order valence-corrected chi connectivity index (χ4v) is 3.67. The Labute approximate surface area is 186 Å². The minimum absolute atomic E-state index is 0.414. The van der Waals surface area contributed by atoms with E-state index in [9.17, 15) is 4.79 Å². The van der Waals surface area contributed by atoms with E-state index in [1.54, 1.807) is 13.0 Å². The second-order valence-corrected chi connectivity index (χ2v) is 7.68. The Kier molecular flexibility index (Phi) is 4.96. The van der Waals surface area contributed by atoms with Crippen molar-refractivity contribution in [2.75, 3.05) is 0 Å². The Bertz CT molecular complexity index is 1500. The molecule has 2 aromatic carbocycles. The van der Waals surface area contributed by atoms with Crippen LogP contribution in [0.3, 0.4) is 0 Å². The number of nitrogens with one attached hydrogen (secondary N) is 2. The summed E-state index contributed by atoms with van der Waals surface area (Å²) in [5, 5.41) is 29.6. The average molecular weight is 448 g/mol. The first-order chi connectivity index (χ1) is 15.9. The number of aromatic nitrogens is 8. The summed E-state index contributed by atoms with van der Waals surface area (Å²) < 4.78 is 17.7. The molecule has 3 heterocycles. The molecule has 5 aromatic rings. The lowest BCUT2D eigenvalue weighted by Crippen LogP contribution is -2.08. The van der Waals surface area contributed by atoms with E-state index in [2.05, 4.69) is 41.2 Å². The van der Waals surface area contributed by atoms with Crippen molar-refractivity contribution in [1.82, 2.24) is 41.2 Å². The van der Waals surface area contributed by atoms with E-state index in [1.807, 2.05) is 39.0 Å². The van der Waals surface area contributed by atoms with Gasteiger partial charge >= 0.3 is 5.63 Å². The Morgan fingerprint density at radius 2 is 1.48 bits per heavy atom. The molecule has 0 saturated heterocycles. The number of nitrogens with zero attached hydrogens (tertiary/aromatic N) is 6. The number of aryl methyl sites for hydroxylation is 2. The highest BCUT2D eigenvalue weighted by Crippen LogP contribution is 2.35. The molecule has 0 spiro atoms. The summed E-state index contributed by atoms with van der Waals surface area (Å²) in [6.07, 6.45) is -0.884. The summed E-state index contributed by atoms with van der Waals surface area (Å²) in [4.78, 5) is 12.9. The van der Waals surface area contributed by atoms with Crippen LogP contribution in [0.4, 0.5) is 0 Å². The van der Waals surface area contributed by atoms with E-state index in [0.29, 0.717) is 39.7 Å². The lowest BCUT2D eigenvalue weighted by atomic mass is 10.0. The molecule has 2 N–H and O–H groups in total. The van der Waals surface area contributed by atoms with E-state index in [4.69, 9.17) is 13.9 Å². The monoisotopic (exact) mass is 448 g/mol. The third-order valence-electron chi connectivity index (χ3n) is 5.43. The van der Waals surface area contributed by atoms with Crippen molar-refractivity contribution >= 4 is 21.7 Å². The van der Waals surface area contributed by atoms with Crippen LogP contribution in [0.2, 0.25) is 0 Å². The number of aromatic amines is 2. The molecule has 168 valence electrons. The van der Waals surface area contributed by atoms with Gasteiger partial charge in [-0.1, -0.05) is 10.4 Å². The van der Waals surface area contributed by atoms with Gasteiger partial charge in [0.15, 0.2) is 12.2 Å². The van der Waals surface area contributed by atoms with Gasteiger partial charge < -0.3 is 13.9 Å². The number of fused-ring (bicyclic) bond motifs is 3. The molecular weight excluding hydrogens is 428 g/mol. The predicted octanol–water partition coefficient (Wildman–Crippen LogP) is 2.87. The molecule has 12 nitrogen and oxygen atoms in total. The molecule has 12 heteroatoms. The van der Waals surface area contributed by atoms with E-state index < -0.39 is 17.8 Å². The van der Waals surface area contributed by atoms with Crippen LogP contribution in [-0.2, 0) is 0 Å². The molecule has 0 saturated carbocycles. The van der Waals surface area contributed by atoms with Crippen LogP contribution in [0, 0.1) is 13.8 Å². The molecule has 0 bridgehead atoms. The molecule has 2 atom stereocenters. The van der Waals surface area contributed by atoms with Crippen LogP contribution in [-0.4, -0.2) is 41.2 Å². The van der Waals surface area contributed by atoms with Crippen LogP contribution in [0.1, 0.15) is 48.8 Å². The Morgan fingerprint density at radius 1 is 0.848 bits per heavy atom. The first-order valence-corrected chi connectivity index (χ1v) is 10.2. The number of hydrogen-bond acceptors (Lipinski definition) is 10. The summed E-state index contributed by atoms with van der Waals surface area (Å²) in [5.74, 6) is 1.94. The van der Waals surface area contributed by atoms with Crippen molar-refractivity contribution < 1.29 is 13.9 Å². The number of ether oxygens (including phenoxy) is 2. The van der Waals surface area contributed by atoms with Gasteiger partial charge in [-0.3, -0.25) is 0 Å². The number of tetrazole rings is 2. The molecule has 5 rings (SSSR count). The molecule has 33 heavy (non-hydrogen) atoms. The maximum absolute atomic E-state index is 12.9. The molecule has 0 radical (unpaired) electrons. The van der Waals surface area contributed by atoms with Crippen molar-refractivity contribution in [1.29, 1.82) is 0 Å². The quantitative estimate of drug-likeness (QED) is 0.292. The van der Waals surface area contributed by atoms with E-state index in [1.165, 1.54) is 0 Å². The third kappa shape index (κ3) is 3.64. The van der Waals surface area contributed by atoms with Gasteiger partial charge in [0.1, 0.15) is 17.1 Å². The minimum Gasteiger partial charge on any atom is -0.482 e. The molecule has 0 aliphatic carbocycles. The fourth-order valence-electron chi connectivity index (χ4n) is 3.67. The van der Waals surface area contributed by atoms with Crippen LogP contribution in [0.15, 0.2) is 33.5 Å². The molecular formula is C21H20N8O4. The van der Waals surface area contributed by atoms with Gasteiger partial charge in [-0.15, -0.1) is 20.4 Å². The largest absolute Gasteiger partial charge is 0.482 e. The van der Waals surface area contributed by atoms with Crippen molar-refractivity contribution in [3.05, 3.63) is 57.5 Å². The molecule has 0 aliphatic heterocycles. The van der Waals surface area contributed by atoms with Crippen molar-refractivity contribution in [3.8, 4) is 11.5 Å². The topological polar surface area (TPSA) is 158 Å². The smallest absolute Gasteiger partial charge is 0.344 e. The summed E-state index contributed by atoms with van der Waals surface area (Å²) in [6.45, 7) is 7.37.